The van der Waals surface area contributed by atoms with Crippen molar-refractivity contribution in [2.45, 2.75) is 26.3 Å². The van der Waals surface area contributed by atoms with Gasteiger partial charge >= 0.3 is 0 Å². The highest BCUT2D eigenvalue weighted by Gasteiger charge is 2.19. The van der Waals surface area contributed by atoms with E-state index >= 15 is 0 Å². The Morgan fingerprint density at radius 3 is 2.80 bits per heavy atom. The first-order valence-corrected chi connectivity index (χ1v) is 8.62. The van der Waals surface area contributed by atoms with Gasteiger partial charge in [-0.15, -0.1) is 11.3 Å². The molecule has 0 aliphatic carbocycles. The van der Waals surface area contributed by atoms with Crippen molar-refractivity contribution in [3.05, 3.63) is 50.6 Å². The van der Waals surface area contributed by atoms with Crippen molar-refractivity contribution in [2.24, 2.45) is 0 Å². The van der Waals surface area contributed by atoms with E-state index < -0.39 is 0 Å². The summed E-state index contributed by atoms with van der Waals surface area (Å²) in [6.45, 7) is 5.87. The number of rotatable bonds is 7. The Bertz CT molecular complexity index is 527. The van der Waals surface area contributed by atoms with Crippen molar-refractivity contribution < 1.29 is 4.74 Å². The summed E-state index contributed by atoms with van der Waals surface area (Å²) in [5, 5.41) is 5.74. The van der Waals surface area contributed by atoms with E-state index in [0.717, 1.165) is 23.2 Å². The summed E-state index contributed by atoms with van der Waals surface area (Å²) in [5.74, 6) is 0.956. The molecule has 2 rings (SSSR count). The summed E-state index contributed by atoms with van der Waals surface area (Å²) >= 11 is 5.34. The molecule has 108 valence electrons. The van der Waals surface area contributed by atoms with Gasteiger partial charge in [0.15, 0.2) is 0 Å². The molecule has 0 saturated carbocycles. The standard InChI is InChI=1S/C16H20BrNOS/c1-3-9-18-16(15-6-5-10-20-15)13-11-12(17)7-8-14(13)19-4-2/h5-8,10-11,16,18H,3-4,9H2,1-2H3. The van der Waals surface area contributed by atoms with Gasteiger partial charge in [-0.1, -0.05) is 28.9 Å². The van der Waals surface area contributed by atoms with Gasteiger partial charge in [-0.05, 0) is 49.5 Å². The topological polar surface area (TPSA) is 21.3 Å². The summed E-state index contributed by atoms with van der Waals surface area (Å²) in [4.78, 5) is 1.32. The predicted molar refractivity (Wildman–Crippen MR) is 89.8 cm³/mol. The van der Waals surface area contributed by atoms with Crippen molar-refractivity contribution in [3.8, 4) is 5.75 Å². The molecule has 2 aromatic rings. The van der Waals surface area contributed by atoms with Gasteiger partial charge < -0.3 is 10.1 Å². The molecule has 20 heavy (non-hydrogen) atoms. The van der Waals surface area contributed by atoms with Crippen molar-refractivity contribution in [2.75, 3.05) is 13.2 Å². The number of halogens is 1. The van der Waals surface area contributed by atoms with Gasteiger partial charge in [-0.2, -0.15) is 0 Å². The molecule has 0 spiro atoms. The zero-order valence-corrected chi connectivity index (χ0v) is 14.3. The van der Waals surface area contributed by atoms with Gasteiger partial charge in [-0.25, -0.2) is 0 Å². The van der Waals surface area contributed by atoms with Crippen molar-refractivity contribution in [3.63, 3.8) is 0 Å². The molecule has 0 radical (unpaired) electrons. The minimum Gasteiger partial charge on any atom is -0.494 e. The Kier molecular flexibility index (Phi) is 6.07. The molecule has 1 atom stereocenters. The molecule has 0 amide bonds. The van der Waals surface area contributed by atoms with E-state index in [1.165, 1.54) is 10.4 Å². The Hall–Kier alpha value is -0.840. The molecular weight excluding hydrogens is 334 g/mol. The first-order chi connectivity index (χ1) is 9.76. The van der Waals surface area contributed by atoms with E-state index in [-0.39, 0.29) is 6.04 Å². The van der Waals surface area contributed by atoms with Crippen LogP contribution in [0.1, 0.15) is 36.8 Å². The summed E-state index contributed by atoms with van der Waals surface area (Å²) in [6, 6.07) is 10.7. The largest absolute Gasteiger partial charge is 0.494 e. The Labute approximate surface area is 133 Å². The number of nitrogens with one attached hydrogen (secondary N) is 1. The highest BCUT2D eigenvalue weighted by Crippen LogP contribution is 2.34. The van der Waals surface area contributed by atoms with Crippen LogP contribution in [0, 0.1) is 0 Å². The fourth-order valence-corrected chi connectivity index (χ4v) is 3.34. The zero-order chi connectivity index (χ0) is 14.4. The molecule has 1 unspecified atom stereocenters. The van der Waals surface area contributed by atoms with Gasteiger partial charge in [0.25, 0.3) is 0 Å². The maximum Gasteiger partial charge on any atom is 0.124 e. The van der Waals surface area contributed by atoms with Crippen LogP contribution in [0.4, 0.5) is 0 Å². The van der Waals surface area contributed by atoms with Gasteiger partial charge in [0.2, 0.25) is 0 Å². The van der Waals surface area contributed by atoms with E-state index in [0.29, 0.717) is 6.61 Å². The van der Waals surface area contributed by atoms with Gasteiger partial charge in [-0.3, -0.25) is 0 Å². The number of hydrogen-bond acceptors (Lipinski definition) is 3. The third-order valence-corrected chi connectivity index (χ3v) is 4.44. The molecule has 0 aliphatic heterocycles. The average Bonchev–Trinajstić information content (AvgIpc) is 2.96. The number of thiophene rings is 1. The van der Waals surface area contributed by atoms with Gasteiger partial charge in [0.05, 0.1) is 12.6 Å². The average molecular weight is 354 g/mol. The van der Waals surface area contributed by atoms with Crippen LogP contribution in [0.3, 0.4) is 0 Å². The molecule has 1 aromatic carbocycles. The smallest absolute Gasteiger partial charge is 0.124 e. The zero-order valence-electron chi connectivity index (χ0n) is 11.9. The lowest BCUT2D eigenvalue weighted by Gasteiger charge is -2.21. The van der Waals surface area contributed by atoms with Crippen molar-refractivity contribution in [1.29, 1.82) is 0 Å². The third-order valence-electron chi connectivity index (χ3n) is 3.01. The highest BCUT2D eigenvalue weighted by atomic mass is 79.9. The van der Waals surface area contributed by atoms with Crippen LogP contribution in [0.15, 0.2) is 40.2 Å². The molecule has 1 heterocycles. The van der Waals surface area contributed by atoms with E-state index in [1.54, 1.807) is 11.3 Å². The van der Waals surface area contributed by atoms with Crippen LogP contribution in [0.2, 0.25) is 0 Å². The van der Waals surface area contributed by atoms with Crippen LogP contribution < -0.4 is 10.1 Å². The first kappa shape index (κ1) is 15.5. The summed E-state index contributed by atoms with van der Waals surface area (Å²) < 4.78 is 6.87. The second-order valence-electron chi connectivity index (χ2n) is 4.52. The lowest BCUT2D eigenvalue weighted by molar-refractivity contribution is 0.333. The number of hydrogen-bond donors (Lipinski definition) is 1. The summed E-state index contributed by atoms with van der Waals surface area (Å²) in [5.41, 5.74) is 1.19. The maximum absolute atomic E-state index is 5.79. The second-order valence-corrected chi connectivity index (χ2v) is 6.41. The van der Waals surface area contributed by atoms with Crippen LogP contribution in [0.25, 0.3) is 0 Å². The molecule has 0 fully saturated rings. The van der Waals surface area contributed by atoms with Crippen molar-refractivity contribution in [1.82, 2.24) is 5.32 Å². The predicted octanol–water partition coefficient (Wildman–Crippen LogP) is 5.00. The first-order valence-electron chi connectivity index (χ1n) is 6.95. The summed E-state index contributed by atoms with van der Waals surface area (Å²) in [6.07, 6.45) is 1.11. The molecule has 1 aromatic heterocycles. The molecule has 0 aliphatic rings. The molecule has 0 saturated heterocycles. The van der Waals surface area contributed by atoms with Crippen LogP contribution >= 0.6 is 27.3 Å². The molecule has 0 bridgehead atoms. The Balaban J connectivity index is 2.39. The lowest BCUT2D eigenvalue weighted by Crippen LogP contribution is -2.23. The molecule has 4 heteroatoms. The minimum absolute atomic E-state index is 0.189. The molecule has 1 N–H and O–H groups in total. The van der Waals surface area contributed by atoms with E-state index in [9.17, 15) is 0 Å². The normalized spacial score (nSPS) is 12.3. The Morgan fingerprint density at radius 2 is 2.15 bits per heavy atom. The molecule has 2 nitrogen and oxygen atoms in total. The maximum atomic E-state index is 5.79. The van der Waals surface area contributed by atoms with Crippen LogP contribution in [-0.4, -0.2) is 13.2 Å². The van der Waals surface area contributed by atoms with Gasteiger partial charge in [0.1, 0.15) is 5.75 Å². The van der Waals surface area contributed by atoms with Crippen molar-refractivity contribution >= 4 is 27.3 Å². The minimum atomic E-state index is 0.189. The van der Waals surface area contributed by atoms with Crippen LogP contribution in [0.5, 0.6) is 5.75 Å². The quantitative estimate of drug-likeness (QED) is 0.756. The van der Waals surface area contributed by atoms with E-state index in [4.69, 9.17) is 4.74 Å². The summed E-state index contributed by atoms with van der Waals surface area (Å²) in [7, 11) is 0. The number of benzene rings is 1. The van der Waals surface area contributed by atoms with Crippen LogP contribution in [-0.2, 0) is 0 Å². The highest BCUT2D eigenvalue weighted by molar-refractivity contribution is 9.10. The Morgan fingerprint density at radius 1 is 1.30 bits per heavy atom. The fraction of sp³-hybridized carbons (Fsp3) is 0.375. The lowest BCUT2D eigenvalue weighted by atomic mass is 10.0. The number of ether oxygens (including phenoxy) is 1. The monoisotopic (exact) mass is 353 g/mol. The molecular formula is C16H20BrNOS. The fourth-order valence-electron chi connectivity index (χ4n) is 2.14. The van der Waals surface area contributed by atoms with E-state index in [2.05, 4.69) is 51.7 Å². The van der Waals surface area contributed by atoms with E-state index in [1.807, 2.05) is 19.1 Å². The third kappa shape index (κ3) is 3.84. The second kappa shape index (κ2) is 7.81. The van der Waals surface area contributed by atoms with Gasteiger partial charge in [0, 0.05) is 14.9 Å². The SMILES string of the molecule is CCCNC(c1cccs1)c1cc(Br)ccc1OCC.